The standard InChI is InChI=1S/C21H25ClN2/c1-21(2)14-24(11-10-23-21)20-13-18(15-6-4-3-5-7-15)17-9-8-16(22)12-19(17)20/h3-9,12,18,20,23H,10-11,13-14H2,1-2H3/t18-,20+/m1/s1. The van der Waals surface area contributed by atoms with E-state index in [4.69, 9.17) is 11.6 Å². The Kier molecular flexibility index (Phi) is 4.16. The molecule has 0 saturated carbocycles. The zero-order chi connectivity index (χ0) is 16.7. The van der Waals surface area contributed by atoms with Gasteiger partial charge in [-0.1, -0.05) is 48.0 Å². The maximum absolute atomic E-state index is 6.35. The lowest BCUT2D eigenvalue weighted by atomic mass is 9.93. The molecule has 1 aliphatic heterocycles. The van der Waals surface area contributed by atoms with Crippen LogP contribution in [0.2, 0.25) is 5.02 Å². The molecule has 1 N–H and O–H groups in total. The van der Waals surface area contributed by atoms with E-state index in [0.717, 1.165) is 31.1 Å². The number of nitrogens with zero attached hydrogens (tertiary/aromatic N) is 1. The molecule has 24 heavy (non-hydrogen) atoms. The lowest BCUT2D eigenvalue weighted by Gasteiger charge is -2.42. The van der Waals surface area contributed by atoms with E-state index < -0.39 is 0 Å². The topological polar surface area (TPSA) is 15.3 Å². The maximum atomic E-state index is 6.35. The highest BCUT2D eigenvalue weighted by Crippen LogP contribution is 2.47. The Bertz CT molecular complexity index is 726. The number of hydrogen-bond donors (Lipinski definition) is 1. The monoisotopic (exact) mass is 340 g/mol. The van der Waals surface area contributed by atoms with Crippen molar-refractivity contribution in [1.29, 1.82) is 0 Å². The summed E-state index contributed by atoms with van der Waals surface area (Å²) in [4.78, 5) is 2.65. The van der Waals surface area contributed by atoms with Crippen LogP contribution in [0, 0.1) is 0 Å². The summed E-state index contributed by atoms with van der Waals surface area (Å²) in [5, 5.41) is 4.47. The normalized spacial score (nSPS) is 26.3. The van der Waals surface area contributed by atoms with Gasteiger partial charge in [0.15, 0.2) is 0 Å². The molecule has 2 nitrogen and oxygen atoms in total. The van der Waals surface area contributed by atoms with Crippen molar-refractivity contribution in [2.45, 2.75) is 37.8 Å². The molecule has 4 rings (SSSR count). The minimum Gasteiger partial charge on any atom is -0.309 e. The fraction of sp³-hybridized carbons (Fsp3) is 0.429. The molecule has 2 atom stereocenters. The van der Waals surface area contributed by atoms with Crippen LogP contribution in [0.4, 0.5) is 0 Å². The largest absolute Gasteiger partial charge is 0.309 e. The molecule has 1 fully saturated rings. The van der Waals surface area contributed by atoms with Crippen molar-refractivity contribution in [2.24, 2.45) is 0 Å². The highest BCUT2D eigenvalue weighted by Gasteiger charge is 2.38. The van der Waals surface area contributed by atoms with Crippen LogP contribution in [0.1, 0.15) is 48.9 Å². The molecule has 2 aromatic carbocycles. The van der Waals surface area contributed by atoms with E-state index >= 15 is 0 Å². The highest BCUT2D eigenvalue weighted by molar-refractivity contribution is 6.30. The molecule has 126 valence electrons. The molecule has 0 unspecified atom stereocenters. The van der Waals surface area contributed by atoms with Gasteiger partial charge in [-0.15, -0.1) is 0 Å². The van der Waals surface area contributed by atoms with Crippen molar-refractivity contribution in [1.82, 2.24) is 10.2 Å². The van der Waals surface area contributed by atoms with Gasteiger partial charge in [0.1, 0.15) is 0 Å². The summed E-state index contributed by atoms with van der Waals surface area (Å²) in [5.41, 5.74) is 4.46. The SMILES string of the molecule is CC1(C)CN([C@H]2C[C@H](c3ccccc3)c3ccc(Cl)cc32)CCN1. The molecule has 1 heterocycles. The number of hydrogen-bond acceptors (Lipinski definition) is 2. The molecule has 1 saturated heterocycles. The van der Waals surface area contributed by atoms with Crippen molar-refractivity contribution in [3.63, 3.8) is 0 Å². The summed E-state index contributed by atoms with van der Waals surface area (Å²) in [6.45, 7) is 7.81. The Morgan fingerprint density at radius 2 is 1.88 bits per heavy atom. The number of nitrogens with one attached hydrogen (secondary N) is 1. The molecular weight excluding hydrogens is 316 g/mol. The third-order valence-electron chi connectivity index (χ3n) is 5.49. The Morgan fingerprint density at radius 3 is 2.62 bits per heavy atom. The average Bonchev–Trinajstić information content (AvgIpc) is 2.93. The molecule has 0 aromatic heterocycles. The molecule has 3 heteroatoms. The Labute approximate surface area is 149 Å². The van der Waals surface area contributed by atoms with Crippen molar-refractivity contribution in [3.05, 3.63) is 70.2 Å². The van der Waals surface area contributed by atoms with E-state index in [1.165, 1.54) is 16.7 Å². The van der Waals surface area contributed by atoms with E-state index in [2.05, 4.69) is 66.5 Å². The van der Waals surface area contributed by atoms with E-state index in [1.54, 1.807) is 0 Å². The fourth-order valence-corrected chi connectivity index (χ4v) is 4.60. The molecule has 1 aliphatic carbocycles. The van der Waals surface area contributed by atoms with Gasteiger partial charge in [-0.2, -0.15) is 0 Å². The first-order valence-corrected chi connectivity index (χ1v) is 9.25. The van der Waals surface area contributed by atoms with Crippen LogP contribution in [0.15, 0.2) is 48.5 Å². The van der Waals surface area contributed by atoms with E-state index in [-0.39, 0.29) is 5.54 Å². The van der Waals surface area contributed by atoms with Crippen LogP contribution in [0.5, 0.6) is 0 Å². The van der Waals surface area contributed by atoms with Gasteiger partial charge in [0, 0.05) is 42.2 Å². The van der Waals surface area contributed by atoms with Gasteiger partial charge in [0.25, 0.3) is 0 Å². The zero-order valence-corrected chi connectivity index (χ0v) is 15.2. The minimum absolute atomic E-state index is 0.168. The molecule has 0 amide bonds. The fourth-order valence-electron chi connectivity index (χ4n) is 4.42. The summed E-state index contributed by atoms with van der Waals surface area (Å²) in [5.74, 6) is 0.474. The van der Waals surface area contributed by atoms with Crippen LogP contribution in [-0.4, -0.2) is 30.1 Å². The first kappa shape index (κ1) is 16.1. The van der Waals surface area contributed by atoms with Gasteiger partial charge < -0.3 is 5.32 Å². The number of piperazine rings is 1. The second-order valence-corrected chi connectivity index (χ2v) is 8.21. The summed E-state index contributed by atoms with van der Waals surface area (Å²) < 4.78 is 0. The third kappa shape index (κ3) is 2.99. The quantitative estimate of drug-likeness (QED) is 0.859. The predicted molar refractivity (Wildman–Crippen MR) is 101 cm³/mol. The van der Waals surface area contributed by atoms with Crippen LogP contribution >= 0.6 is 11.6 Å². The lowest BCUT2D eigenvalue weighted by Crippen LogP contribution is -2.57. The van der Waals surface area contributed by atoms with Gasteiger partial charge in [0.05, 0.1) is 0 Å². The van der Waals surface area contributed by atoms with Gasteiger partial charge in [-0.25, -0.2) is 0 Å². The van der Waals surface area contributed by atoms with E-state index in [1.807, 2.05) is 6.07 Å². The maximum Gasteiger partial charge on any atom is 0.0409 e. The van der Waals surface area contributed by atoms with Crippen molar-refractivity contribution in [2.75, 3.05) is 19.6 Å². The minimum atomic E-state index is 0.168. The second kappa shape index (κ2) is 6.18. The Balaban J connectivity index is 1.71. The summed E-state index contributed by atoms with van der Waals surface area (Å²) in [6, 6.07) is 17.8. The second-order valence-electron chi connectivity index (χ2n) is 7.77. The Morgan fingerprint density at radius 1 is 1.08 bits per heavy atom. The van der Waals surface area contributed by atoms with Crippen LogP contribution in [-0.2, 0) is 0 Å². The first-order chi connectivity index (χ1) is 11.5. The van der Waals surface area contributed by atoms with Crippen molar-refractivity contribution < 1.29 is 0 Å². The highest BCUT2D eigenvalue weighted by atomic mass is 35.5. The van der Waals surface area contributed by atoms with Gasteiger partial charge in [0.2, 0.25) is 0 Å². The number of fused-ring (bicyclic) bond motifs is 1. The smallest absolute Gasteiger partial charge is 0.0409 e. The predicted octanol–water partition coefficient (Wildman–Crippen LogP) is 4.60. The number of rotatable bonds is 2. The molecule has 0 radical (unpaired) electrons. The Hall–Kier alpha value is -1.35. The lowest BCUT2D eigenvalue weighted by molar-refractivity contribution is 0.107. The van der Waals surface area contributed by atoms with Crippen molar-refractivity contribution >= 4 is 11.6 Å². The third-order valence-corrected chi connectivity index (χ3v) is 5.72. The van der Waals surface area contributed by atoms with Crippen LogP contribution in [0.3, 0.4) is 0 Å². The zero-order valence-electron chi connectivity index (χ0n) is 14.4. The van der Waals surface area contributed by atoms with Crippen LogP contribution in [0.25, 0.3) is 0 Å². The van der Waals surface area contributed by atoms with E-state index in [9.17, 15) is 0 Å². The first-order valence-electron chi connectivity index (χ1n) is 8.87. The van der Waals surface area contributed by atoms with Gasteiger partial charge >= 0.3 is 0 Å². The van der Waals surface area contributed by atoms with Gasteiger partial charge in [-0.05, 0) is 49.1 Å². The number of halogens is 1. The van der Waals surface area contributed by atoms with Gasteiger partial charge in [-0.3, -0.25) is 4.90 Å². The summed E-state index contributed by atoms with van der Waals surface area (Å²) in [6.07, 6.45) is 1.15. The molecule has 2 aromatic rings. The summed E-state index contributed by atoms with van der Waals surface area (Å²) >= 11 is 6.35. The molecular formula is C21H25ClN2. The molecule has 0 bridgehead atoms. The van der Waals surface area contributed by atoms with Crippen LogP contribution < -0.4 is 5.32 Å². The van der Waals surface area contributed by atoms with Crippen molar-refractivity contribution in [3.8, 4) is 0 Å². The van der Waals surface area contributed by atoms with E-state index in [0.29, 0.717) is 12.0 Å². The number of benzene rings is 2. The average molecular weight is 341 g/mol. The molecule has 2 aliphatic rings. The summed E-state index contributed by atoms with van der Waals surface area (Å²) in [7, 11) is 0. The molecule has 0 spiro atoms.